The first-order valence-corrected chi connectivity index (χ1v) is 11.9. The summed E-state index contributed by atoms with van der Waals surface area (Å²) >= 11 is 1.30. The first kappa shape index (κ1) is 21.8. The zero-order valence-electron chi connectivity index (χ0n) is 16.6. The molecule has 2 aromatic carbocycles. The van der Waals surface area contributed by atoms with Crippen LogP contribution in [0.3, 0.4) is 0 Å². The van der Waals surface area contributed by atoms with Gasteiger partial charge in [0.25, 0.3) is 5.22 Å². The van der Waals surface area contributed by atoms with Crippen LogP contribution in [-0.2, 0) is 14.8 Å². The van der Waals surface area contributed by atoms with Gasteiger partial charge in [-0.1, -0.05) is 23.9 Å². The Labute approximate surface area is 179 Å². The van der Waals surface area contributed by atoms with E-state index in [0.29, 0.717) is 34.5 Å². The molecule has 0 unspecified atom stereocenters. The average molecular weight is 447 g/mol. The third-order valence-corrected chi connectivity index (χ3v) is 6.18. The van der Waals surface area contributed by atoms with Gasteiger partial charge in [-0.2, -0.15) is 0 Å². The molecule has 30 heavy (non-hydrogen) atoms. The Kier molecular flexibility index (Phi) is 7.11. The lowest BCUT2D eigenvalue weighted by atomic mass is 10.2. The predicted molar refractivity (Wildman–Crippen MR) is 118 cm³/mol. The monoisotopic (exact) mass is 446 g/mol. The van der Waals surface area contributed by atoms with Gasteiger partial charge in [-0.3, -0.25) is 9.52 Å². The maximum atomic E-state index is 12.1. The molecule has 1 heterocycles. The van der Waals surface area contributed by atoms with Crippen LogP contribution in [0.1, 0.15) is 18.9 Å². The number of nitrogens with one attached hydrogen (secondary N) is 2. The molecule has 8 nitrogen and oxygen atoms in total. The summed E-state index contributed by atoms with van der Waals surface area (Å²) in [4.78, 5) is 12.1. The number of aromatic nitrogens is 2. The van der Waals surface area contributed by atoms with Crippen molar-refractivity contribution in [1.82, 2.24) is 10.2 Å². The van der Waals surface area contributed by atoms with E-state index in [4.69, 9.17) is 4.42 Å². The highest BCUT2D eigenvalue weighted by molar-refractivity contribution is 7.99. The van der Waals surface area contributed by atoms with Crippen LogP contribution in [0.5, 0.6) is 0 Å². The fourth-order valence-electron chi connectivity index (χ4n) is 2.49. The second-order valence-corrected chi connectivity index (χ2v) is 9.53. The molecular formula is C20H22N4O4S2. The quantitative estimate of drug-likeness (QED) is 0.479. The van der Waals surface area contributed by atoms with Crippen LogP contribution in [0, 0.1) is 6.92 Å². The van der Waals surface area contributed by atoms with Gasteiger partial charge in [0.1, 0.15) is 0 Å². The van der Waals surface area contributed by atoms with E-state index in [0.717, 1.165) is 11.3 Å². The summed E-state index contributed by atoms with van der Waals surface area (Å²) in [6.07, 6.45) is 0.308. The largest absolute Gasteiger partial charge is 0.411 e. The van der Waals surface area contributed by atoms with Gasteiger partial charge in [0.05, 0.1) is 5.75 Å². The Hall–Kier alpha value is -2.85. The number of carbonyl (C=O) groups excluding carboxylic acids is 1. The second kappa shape index (κ2) is 9.77. The number of hydrogen-bond acceptors (Lipinski definition) is 7. The van der Waals surface area contributed by atoms with Crippen molar-refractivity contribution in [1.29, 1.82) is 0 Å². The highest BCUT2D eigenvalue weighted by Crippen LogP contribution is 2.25. The molecule has 0 fully saturated rings. The van der Waals surface area contributed by atoms with Gasteiger partial charge in [-0.15, -0.1) is 10.2 Å². The molecule has 0 saturated carbocycles. The van der Waals surface area contributed by atoms with Crippen LogP contribution < -0.4 is 10.0 Å². The fourth-order valence-corrected chi connectivity index (χ4v) is 3.83. The molecule has 0 aliphatic heterocycles. The zero-order chi connectivity index (χ0) is 21.6. The number of thioether (sulfide) groups is 1. The van der Waals surface area contributed by atoms with Gasteiger partial charge < -0.3 is 9.73 Å². The molecule has 1 aromatic heterocycles. The number of carbonyl (C=O) groups is 1. The molecule has 3 rings (SSSR count). The average Bonchev–Trinajstić information content (AvgIpc) is 3.17. The number of amides is 1. The van der Waals surface area contributed by atoms with Gasteiger partial charge in [-0.25, -0.2) is 8.42 Å². The van der Waals surface area contributed by atoms with Gasteiger partial charge in [0.15, 0.2) is 0 Å². The standard InChI is InChI=1S/C20H22N4O4S2/c1-3-30(26,27)24-16-9-7-15(8-10-16)19-22-23-20(28-19)29-12-11-18(25)21-17-6-4-5-14(2)13-17/h4-10,13,24H,3,11-12H2,1-2H3,(H,21,25). The van der Waals surface area contributed by atoms with E-state index in [1.54, 1.807) is 31.2 Å². The van der Waals surface area contributed by atoms with Gasteiger partial charge in [-0.05, 0) is 55.8 Å². The maximum Gasteiger partial charge on any atom is 0.276 e. The van der Waals surface area contributed by atoms with Crippen molar-refractivity contribution in [2.24, 2.45) is 0 Å². The van der Waals surface area contributed by atoms with E-state index >= 15 is 0 Å². The summed E-state index contributed by atoms with van der Waals surface area (Å²) in [5.41, 5.74) is 2.99. The number of benzene rings is 2. The van der Waals surface area contributed by atoms with Crippen molar-refractivity contribution in [2.45, 2.75) is 25.5 Å². The third kappa shape index (κ3) is 6.33. The molecule has 2 N–H and O–H groups in total. The number of sulfonamides is 1. The summed E-state index contributed by atoms with van der Waals surface area (Å²) in [6.45, 7) is 3.54. The summed E-state index contributed by atoms with van der Waals surface area (Å²) < 4.78 is 31.3. The normalized spacial score (nSPS) is 11.3. The minimum Gasteiger partial charge on any atom is -0.411 e. The van der Waals surface area contributed by atoms with Crippen LogP contribution in [-0.4, -0.2) is 36.0 Å². The Bertz CT molecular complexity index is 1110. The molecule has 0 aliphatic rings. The van der Waals surface area contributed by atoms with E-state index in [-0.39, 0.29) is 11.7 Å². The van der Waals surface area contributed by atoms with Gasteiger partial charge >= 0.3 is 0 Å². The van der Waals surface area contributed by atoms with Crippen molar-refractivity contribution >= 4 is 39.1 Å². The highest BCUT2D eigenvalue weighted by Gasteiger charge is 2.12. The molecule has 0 saturated heterocycles. The van der Waals surface area contributed by atoms with E-state index in [1.165, 1.54) is 11.8 Å². The summed E-state index contributed by atoms with van der Waals surface area (Å²) in [6, 6.07) is 14.3. The molecular weight excluding hydrogens is 424 g/mol. The van der Waals surface area contributed by atoms with Crippen LogP contribution in [0.2, 0.25) is 0 Å². The molecule has 1 amide bonds. The van der Waals surface area contributed by atoms with Gasteiger partial charge in [0, 0.05) is 29.1 Å². The van der Waals surface area contributed by atoms with Crippen molar-refractivity contribution in [3.63, 3.8) is 0 Å². The van der Waals surface area contributed by atoms with Crippen molar-refractivity contribution < 1.29 is 17.6 Å². The van der Waals surface area contributed by atoms with Crippen molar-refractivity contribution in [3.05, 3.63) is 54.1 Å². The minimum absolute atomic E-state index is 0.00199. The maximum absolute atomic E-state index is 12.1. The Morgan fingerprint density at radius 1 is 1.10 bits per heavy atom. The van der Waals surface area contributed by atoms with E-state index in [9.17, 15) is 13.2 Å². The molecule has 3 aromatic rings. The number of anilines is 2. The number of rotatable bonds is 9. The van der Waals surface area contributed by atoms with Crippen molar-refractivity contribution in [3.8, 4) is 11.5 Å². The summed E-state index contributed by atoms with van der Waals surface area (Å²) in [5.74, 6) is 0.739. The highest BCUT2D eigenvalue weighted by atomic mass is 32.2. The SMILES string of the molecule is CCS(=O)(=O)Nc1ccc(-c2nnc(SCCC(=O)Nc3cccc(C)c3)o2)cc1. The van der Waals surface area contributed by atoms with E-state index in [2.05, 4.69) is 20.2 Å². The van der Waals surface area contributed by atoms with Gasteiger partial charge in [0.2, 0.25) is 21.8 Å². The first-order valence-electron chi connectivity index (χ1n) is 9.28. The molecule has 0 spiro atoms. The van der Waals surface area contributed by atoms with E-state index in [1.807, 2.05) is 31.2 Å². The smallest absolute Gasteiger partial charge is 0.276 e. The predicted octanol–water partition coefficient (Wildman–Crippen LogP) is 3.93. The zero-order valence-corrected chi connectivity index (χ0v) is 18.2. The molecule has 0 atom stereocenters. The van der Waals surface area contributed by atoms with E-state index < -0.39 is 10.0 Å². The van der Waals surface area contributed by atoms with Crippen LogP contribution in [0.4, 0.5) is 11.4 Å². The Balaban J connectivity index is 1.50. The molecule has 0 radical (unpaired) electrons. The molecule has 0 bridgehead atoms. The third-order valence-electron chi connectivity index (χ3n) is 4.05. The second-order valence-electron chi connectivity index (χ2n) is 6.47. The lowest BCUT2D eigenvalue weighted by Gasteiger charge is -2.05. The van der Waals surface area contributed by atoms with Crippen molar-refractivity contribution in [2.75, 3.05) is 21.5 Å². The van der Waals surface area contributed by atoms with Crippen LogP contribution >= 0.6 is 11.8 Å². The minimum atomic E-state index is -3.32. The molecule has 10 heteroatoms. The lowest BCUT2D eigenvalue weighted by Crippen LogP contribution is -2.14. The van der Waals surface area contributed by atoms with Crippen LogP contribution in [0.15, 0.2) is 58.2 Å². The number of hydrogen-bond donors (Lipinski definition) is 2. The summed E-state index contributed by atoms with van der Waals surface area (Å²) in [5, 5.41) is 11.2. The Morgan fingerprint density at radius 3 is 2.57 bits per heavy atom. The number of aryl methyl sites for hydroxylation is 1. The number of nitrogens with zero attached hydrogens (tertiary/aromatic N) is 2. The lowest BCUT2D eigenvalue weighted by molar-refractivity contribution is -0.115. The van der Waals surface area contributed by atoms with Crippen LogP contribution in [0.25, 0.3) is 11.5 Å². The first-order chi connectivity index (χ1) is 14.3. The Morgan fingerprint density at radius 2 is 1.87 bits per heavy atom. The summed E-state index contributed by atoms with van der Waals surface area (Å²) in [7, 11) is -3.32. The topological polar surface area (TPSA) is 114 Å². The molecule has 0 aliphatic carbocycles. The molecule has 158 valence electrons. The fraction of sp³-hybridized carbons (Fsp3) is 0.250.